The van der Waals surface area contributed by atoms with Crippen molar-refractivity contribution in [3.8, 4) is 10.6 Å². The lowest BCUT2D eigenvalue weighted by Gasteiger charge is -2.32. The molecule has 1 fully saturated rings. The number of aromatic nitrogens is 2. The topological polar surface area (TPSA) is 59.4 Å². The van der Waals surface area contributed by atoms with Crippen LogP contribution in [0.1, 0.15) is 25.3 Å². The molecule has 2 aromatic rings. The Kier molecular flexibility index (Phi) is 5.52. The number of rotatable bonds is 5. The van der Waals surface area contributed by atoms with Crippen molar-refractivity contribution in [2.45, 2.75) is 32.4 Å². The van der Waals surface area contributed by atoms with Gasteiger partial charge >= 0.3 is 6.09 Å². The molecular weight excluding hydrogens is 324 g/mol. The highest BCUT2D eigenvalue weighted by Crippen LogP contribution is 2.28. The summed E-state index contributed by atoms with van der Waals surface area (Å²) in [6.45, 7) is 4.96. The van der Waals surface area contributed by atoms with Crippen molar-refractivity contribution >= 4 is 17.4 Å². The number of nitrogens with one attached hydrogen (secondary N) is 1. The number of ether oxygens (including phenoxy) is 1. The number of nitrogens with zero attached hydrogens (tertiary/aromatic N) is 3. The SMILES string of the molecule is CCOC(=O)NC1CCCN(Cc2cn(C)nc2-c2cccs2)C1. The quantitative estimate of drug-likeness (QED) is 0.903. The molecule has 1 aliphatic heterocycles. The molecule has 7 heteroatoms. The lowest BCUT2D eigenvalue weighted by Crippen LogP contribution is -2.47. The molecule has 130 valence electrons. The average molecular weight is 348 g/mol. The van der Waals surface area contributed by atoms with Gasteiger partial charge in [-0.1, -0.05) is 6.07 Å². The molecule has 1 amide bonds. The molecule has 0 radical (unpaired) electrons. The predicted molar refractivity (Wildman–Crippen MR) is 95.0 cm³/mol. The molecule has 0 aliphatic carbocycles. The standard InChI is InChI=1S/C17H24N4O2S/c1-3-23-17(22)18-14-6-4-8-21(12-14)11-13-10-20(2)19-16(13)15-7-5-9-24-15/h5,7,9-10,14H,3-4,6,8,11-12H2,1-2H3,(H,18,22). The third-order valence-corrected chi connectivity index (χ3v) is 5.03. The second-order valence-corrected chi connectivity index (χ2v) is 7.04. The lowest BCUT2D eigenvalue weighted by atomic mass is 10.0. The number of aryl methyl sites for hydroxylation is 1. The molecule has 2 aromatic heterocycles. The lowest BCUT2D eigenvalue weighted by molar-refractivity contribution is 0.132. The summed E-state index contributed by atoms with van der Waals surface area (Å²) in [7, 11) is 1.96. The molecule has 0 spiro atoms. The summed E-state index contributed by atoms with van der Waals surface area (Å²) in [6, 6.07) is 4.32. The van der Waals surface area contributed by atoms with E-state index in [1.165, 1.54) is 10.4 Å². The Balaban J connectivity index is 1.65. The minimum absolute atomic E-state index is 0.152. The van der Waals surface area contributed by atoms with Crippen LogP contribution in [0.2, 0.25) is 0 Å². The van der Waals surface area contributed by atoms with E-state index in [2.05, 4.69) is 39.0 Å². The van der Waals surface area contributed by atoms with Gasteiger partial charge in [0.1, 0.15) is 5.69 Å². The summed E-state index contributed by atoms with van der Waals surface area (Å²) < 4.78 is 6.87. The molecule has 1 aliphatic rings. The van der Waals surface area contributed by atoms with Crippen LogP contribution in [0.3, 0.4) is 0 Å². The maximum absolute atomic E-state index is 11.6. The molecule has 0 aromatic carbocycles. The highest BCUT2D eigenvalue weighted by Gasteiger charge is 2.23. The Bertz CT molecular complexity index is 668. The molecule has 24 heavy (non-hydrogen) atoms. The van der Waals surface area contributed by atoms with Crippen molar-refractivity contribution in [2.24, 2.45) is 7.05 Å². The molecule has 1 N–H and O–H groups in total. The fourth-order valence-corrected chi connectivity index (χ4v) is 3.92. The van der Waals surface area contributed by atoms with Gasteiger partial charge in [0.2, 0.25) is 0 Å². The third-order valence-electron chi connectivity index (χ3n) is 4.16. The van der Waals surface area contributed by atoms with E-state index in [1.54, 1.807) is 11.3 Å². The number of carbonyl (C=O) groups is 1. The van der Waals surface area contributed by atoms with Crippen LogP contribution < -0.4 is 5.32 Å². The van der Waals surface area contributed by atoms with Gasteiger partial charge in [-0.25, -0.2) is 4.79 Å². The zero-order valence-electron chi connectivity index (χ0n) is 14.2. The van der Waals surface area contributed by atoms with E-state index in [0.717, 1.165) is 38.2 Å². The third kappa shape index (κ3) is 4.15. The largest absolute Gasteiger partial charge is 0.450 e. The van der Waals surface area contributed by atoms with E-state index in [4.69, 9.17) is 4.74 Å². The van der Waals surface area contributed by atoms with Crippen molar-refractivity contribution in [3.63, 3.8) is 0 Å². The van der Waals surface area contributed by atoms with Crippen LogP contribution in [-0.4, -0.2) is 46.5 Å². The van der Waals surface area contributed by atoms with Crippen molar-refractivity contribution in [1.29, 1.82) is 0 Å². The van der Waals surface area contributed by atoms with Gasteiger partial charge in [-0.05, 0) is 37.8 Å². The molecule has 3 heterocycles. The first-order valence-electron chi connectivity index (χ1n) is 8.37. The summed E-state index contributed by atoms with van der Waals surface area (Å²) in [5.74, 6) is 0. The van der Waals surface area contributed by atoms with E-state index < -0.39 is 0 Å². The first-order chi connectivity index (χ1) is 11.7. The number of hydrogen-bond donors (Lipinski definition) is 1. The molecule has 6 nitrogen and oxygen atoms in total. The Labute approximate surface area is 146 Å². The van der Waals surface area contributed by atoms with Gasteiger partial charge in [-0.2, -0.15) is 5.10 Å². The highest BCUT2D eigenvalue weighted by atomic mass is 32.1. The van der Waals surface area contributed by atoms with Crippen molar-refractivity contribution in [3.05, 3.63) is 29.3 Å². The van der Waals surface area contributed by atoms with Crippen molar-refractivity contribution < 1.29 is 9.53 Å². The van der Waals surface area contributed by atoms with E-state index in [-0.39, 0.29) is 12.1 Å². The Morgan fingerprint density at radius 1 is 1.54 bits per heavy atom. The Morgan fingerprint density at radius 2 is 2.42 bits per heavy atom. The minimum Gasteiger partial charge on any atom is -0.450 e. The number of carbonyl (C=O) groups excluding carboxylic acids is 1. The number of piperidine rings is 1. The zero-order chi connectivity index (χ0) is 16.9. The molecule has 1 atom stereocenters. The van der Waals surface area contributed by atoms with Crippen molar-refractivity contribution in [2.75, 3.05) is 19.7 Å². The number of alkyl carbamates (subject to hydrolysis) is 1. The fraction of sp³-hybridized carbons (Fsp3) is 0.529. The van der Waals surface area contributed by atoms with Gasteiger partial charge in [0.25, 0.3) is 0 Å². The monoisotopic (exact) mass is 348 g/mol. The Morgan fingerprint density at radius 3 is 3.17 bits per heavy atom. The molecule has 3 rings (SSSR count). The van der Waals surface area contributed by atoms with Crippen LogP contribution in [-0.2, 0) is 18.3 Å². The zero-order valence-corrected chi connectivity index (χ0v) is 15.0. The van der Waals surface area contributed by atoms with Gasteiger partial charge < -0.3 is 10.1 Å². The normalized spacial score (nSPS) is 18.5. The van der Waals surface area contributed by atoms with Crippen LogP contribution in [0.15, 0.2) is 23.7 Å². The maximum Gasteiger partial charge on any atom is 0.407 e. The van der Waals surface area contributed by atoms with E-state index >= 15 is 0 Å². The van der Waals surface area contributed by atoms with Crippen LogP contribution in [0, 0.1) is 0 Å². The van der Waals surface area contributed by atoms with E-state index in [1.807, 2.05) is 18.7 Å². The highest BCUT2D eigenvalue weighted by molar-refractivity contribution is 7.13. The predicted octanol–water partition coefficient (Wildman–Crippen LogP) is 2.86. The van der Waals surface area contributed by atoms with E-state index in [9.17, 15) is 4.79 Å². The molecule has 0 bridgehead atoms. The second-order valence-electron chi connectivity index (χ2n) is 6.09. The first-order valence-corrected chi connectivity index (χ1v) is 9.25. The van der Waals surface area contributed by atoms with Gasteiger partial charge in [-0.15, -0.1) is 11.3 Å². The van der Waals surface area contributed by atoms with Gasteiger partial charge in [-0.3, -0.25) is 9.58 Å². The fourth-order valence-electron chi connectivity index (χ4n) is 3.17. The maximum atomic E-state index is 11.6. The summed E-state index contributed by atoms with van der Waals surface area (Å²) >= 11 is 1.71. The molecule has 1 saturated heterocycles. The first kappa shape index (κ1) is 17.0. The van der Waals surface area contributed by atoms with Crippen molar-refractivity contribution in [1.82, 2.24) is 20.0 Å². The van der Waals surface area contributed by atoms with Gasteiger partial charge in [0, 0.05) is 37.9 Å². The summed E-state index contributed by atoms with van der Waals surface area (Å²) in [6.07, 6.45) is 3.86. The molecule has 0 saturated carbocycles. The smallest absolute Gasteiger partial charge is 0.407 e. The average Bonchev–Trinajstić information content (AvgIpc) is 3.17. The number of thiophene rings is 1. The van der Waals surface area contributed by atoms with Crippen LogP contribution in [0.5, 0.6) is 0 Å². The van der Waals surface area contributed by atoms with Crippen LogP contribution >= 0.6 is 11.3 Å². The summed E-state index contributed by atoms with van der Waals surface area (Å²) in [4.78, 5) is 15.2. The van der Waals surface area contributed by atoms with Crippen LogP contribution in [0.4, 0.5) is 4.79 Å². The molecular formula is C17H24N4O2S. The van der Waals surface area contributed by atoms with E-state index in [0.29, 0.717) is 6.61 Å². The van der Waals surface area contributed by atoms with Gasteiger partial charge in [0.15, 0.2) is 0 Å². The Hall–Kier alpha value is -1.86. The van der Waals surface area contributed by atoms with Crippen LogP contribution in [0.25, 0.3) is 10.6 Å². The molecule has 1 unspecified atom stereocenters. The number of hydrogen-bond acceptors (Lipinski definition) is 5. The number of likely N-dealkylation sites (tertiary alicyclic amines) is 1. The number of amides is 1. The van der Waals surface area contributed by atoms with Gasteiger partial charge in [0.05, 0.1) is 11.5 Å². The second kappa shape index (κ2) is 7.81. The summed E-state index contributed by atoms with van der Waals surface area (Å²) in [5.41, 5.74) is 2.30. The summed E-state index contributed by atoms with van der Waals surface area (Å²) in [5, 5.41) is 9.66. The minimum atomic E-state index is -0.315.